The smallest absolute Gasteiger partial charge is 0.342 e. The molecule has 1 heterocycles. The average Bonchev–Trinajstić information content (AvgIpc) is 3.13. The number of esters is 1. The molecule has 0 aliphatic carbocycles. The van der Waals surface area contributed by atoms with Gasteiger partial charge in [0.2, 0.25) is 0 Å². The number of benzene rings is 2. The van der Waals surface area contributed by atoms with Crippen molar-refractivity contribution in [1.82, 2.24) is 0 Å². The van der Waals surface area contributed by atoms with Crippen LogP contribution in [0.5, 0.6) is 5.75 Å². The summed E-state index contributed by atoms with van der Waals surface area (Å²) in [6.45, 7) is -0.509. The summed E-state index contributed by atoms with van der Waals surface area (Å²) in [6.07, 6.45) is 0. The molecule has 0 aliphatic heterocycles. The van der Waals surface area contributed by atoms with Crippen molar-refractivity contribution in [3.05, 3.63) is 59.0 Å². The Balaban J connectivity index is 1.70. The van der Waals surface area contributed by atoms with Crippen LogP contribution in [-0.4, -0.2) is 31.5 Å². The highest BCUT2D eigenvalue weighted by Crippen LogP contribution is 2.27. The normalized spacial score (nSPS) is 10.4. The molecule has 0 spiro atoms. The fourth-order valence-electron chi connectivity index (χ4n) is 2.52. The van der Waals surface area contributed by atoms with Crippen molar-refractivity contribution in [3.63, 3.8) is 0 Å². The van der Waals surface area contributed by atoms with Gasteiger partial charge in [-0.1, -0.05) is 24.3 Å². The molecule has 1 aromatic heterocycles. The molecule has 7 nitrogen and oxygen atoms in total. The van der Waals surface area contributed by atoms with Gasteiger partial charge in [-0.2, -0.15) is 0 Å². The van der Waals surface area contributed by atoms with E-state index in [2.05, 4.69) is 5.32 Å². The third kappa shape index (κ3) is 4.06. The molecule has 0 saturated carbocycles. The van der Waals surface area contributed by atoms with Crippen LogP contribution in [0.15, 0.2) is 47.8 Å². The predicted molar refractivity (Wildman–Crippen MR) is 102 cm³/mol. The molecule has 0 bridgehead atoms. The number of fused-ring (bicyclic) bond motifs is 1. The van der Waals surface area contributed by atoms with Crippen LogP contribution in [0.1, 0.15) is 20.7 Å². The quantitative estimate of drug-likeness (QED) is 0.636. The fraction of sp³-hybridized carbons (Fsp3) is 0.105. The first-order chi connectivity index (χ1) is 13.0. The monoisotopic (exact) mass is 384 g/mol. The first-order valence-corrected chi connectivity index (χ1v) is 8.78. The van der Waals surface area contributed by atoms with E-state index in [0.717, 1.165) is 22.1 Å². The van der Waals surface area contributed by atoms with Crippen LogP contribution in [0.2, 0.25) is 0 Å². The number of amides is 2. The Morgan fingerprint density at radius 1 is 1.07 bits per heavy atom. The number of hydrogen-bond acceptors (Lipinski definition) is 6. The SMILES string of the molecule is COc1cc2ccccc2cc1C(=O)OCC(=O)Nc1sccc1C(N)=O. The summed E-state index contributed by atoms with van der Waals surface area (Å²) < 4.78 is 10.3. The van der Waals surface area contributed by atoms with Crippen molar-refractivity contribution in [2.75, 3.05) is 19.0 Å². The van der Waals surface area contributed by atoms with E-state index in [1.807, 2.05) is 24.3 Å². The number of thiophene rings is 1. The van der Waals surface area contributed by atoms with Crippen LogP contribution in [0, 0.1) is 0 Å². The summed E-state index contributed by atoms with van der Waals surface area (Å²) in [6, 6.07) is 12.4. The number of carbonyl (C=O) groups excluding carboxylic acids is 3. The maximum atomic E-state index is 12.4. The zero-order valence-corrected chi connectivity index (χ0v) is 15.2. The third-order valence-corrected chi connectivity index (χ3v) is 4.64. The number of nitrogens with one attached hydrogen (secondary N) is 1. The second-order valence-electron chi connectivity index (χ2n) is 5.55. The summed E-state index contributed by atoms with van der Waals surface area (Å²) in [4.78, 5) is 35.7. The van der Waals surface area contributed by atoms with Gasteiger partial charge in [-0.3, -0.25) is 9.59 Å². The Morgan fingerprint density at radius 2 is 1.78 bits per heavy atom. The van der Waals surface area contributed by atoms with Gasteiger partial charge in [0.25, 0.3) is 11.8 Å². The van der Waals surface area contributed by atoms with E-state index in [1.165, 1.54) is 13.2 Å². The Morgan fingerprint density at radius 3 is 2.44 bits per heavy atom. The van der Waals surface area contributed by atoms with Gasteiger partial charge >= 0.3 is 5.97 Å². The number of primary amides is 1. The first-order valence-electron chi connectivity index (χ1n) is 7.90. The van der Waals surface area contributed by atoms with E-state index in [0.29, 0.717) is 10.8 Å². The van der Waals surface area contributed by atoms with Gasteiger partial charge in [0.05, 0.1) is 12.7 Å². The van der Waals surface area contributed by atoms with E-state index in [-0.39, 0.29) is 11.1 Å². The lowest BCUT2D eigenvalue weighted by molar-refractivity contribution is -0.119. The van der Waals surface area contributed by atoms with Crippen molar-refractivity contribution < 1.29 is 23.9 Å². The summed E-state index contributed by atoms with van der Waals surface area (Å²) in [7, 11) is 1.45. The number of methoxy groups -OCH3 is 1. The van der Waals surface area contributed by atoms with Gasteiger partial charge in [0, 0.05) is 0 Å². The van der Waals surface area contributed by atoms with Gasteiger partial charge in [0.15, 0.2) is 6.61 Å². The zero-order chi connectivity index (χ0) is 19.4. The molecule has 2 amide bonds. The minimum atomic E-state index is -0.686. The summed E-state index contributed by atoms with van der Waals surface area (Å²) in [5.41, 5.74) is 5.65. The highest BCUT2D eigenvalue weighted by molar-refractivity contribution is 7.14. The van der Waals surface area contributed by atoms with Crippen molar-refractivity contribution in [2.45, 2.75) is 0 Å². The van der Waals surface area contributed by atoms with E-state index in [1.54, 1.807) is 17.5 Å². The molecular formula is C19H16N2O5S. The van der Waals surface area contributed by atoms with E-state index >= 15 is 0 Å². The molecule has 3 aromatic rings. The van der Waals surface area contributed by atoms with Crippen LogP contribution in [-0.2, 0) is 9.53 Å². The minimum Gasteiger partial charge on any atom is -0.496 e. The molecule has 0 fully saturated rings. The molecule has 3 rings (SSSR count). The maximum absolute atomic E-state index is 12.4. The Bertz CT molecular complexity index is 1030. The lowest BCUT2D eigenvalue weighted by atomic mass is 10.1. The van der Waals surface area contributed by atoms with Crippen molar-refractivity contribution in [2.24, 2.45) is 5.73 Å². The van der Waals surface area contributed by atoms with Crippen molar-refractivity contribution in [3.8, 4) is 5.75 Å². The molecule has 27 heavy (non-hydrogen) atoms. The van der Waals surface area contributed by atoms with E-state index < -0.39 is 24.4 Å². The number of carbonyl (C=O) groups is 3. The van der Waals surface area contributed by atoms with Crippen LogP contribution >= 0.6 is 11.3 Å². The maximum Gasteiger partial charge on any atom is 0.342 e. The zero-order valence-electron chi connectivity index (χ0n) is 14.4. The van der Waals surface area contributed by atoms with Gasteiger partial charge in [-0.15, -0.1) is 11.3 Å². The summed E-state index contributed by atoms with van der Waals surface area (Å²) in [5.74, 6) is -1.56. The molecule has 3 N–H and O–H groups in total. The lowest BCUT2D eigenvalue weighted by Gasteiger charge is -2.10. The number of hydrogen-bond donors (Lipinski definition) is 2. The number of rotatable bonds is 6. The third-order valence-electron chi connectivity index (χ3n) is 3.81. The van der Waals surface area contributed by atoms with Crippen LogP contribution in [0.3, 0.4) is 0 Å². The first kappa shape index (κ1) is 18.4. The Kier molecular flexibility index (Phi) is 5.37. The number of anilines is 1. The van der Waals surface area contributed by atoms with Gasteiger partial charge in [0.1, 0.15) is 16.3 Å². The number of ether oxygens (including phenoxy) is 2. The fourth-order valence-corrected chi connectivity index (χ4v) is 3.33. The van der Waals surface area contributed by atoms with Crippen LogP contribution < -0.4 is 15.8 Å². The largest absolute Gasteiger partial charge is 0.496 e. The highest BCUT2D eigenvalue weighted by atomic mass is 32.1. The standard InChI is InChI=1S/C19H16N2O5S/c1-25-15-9-12-5-3-2-4-11(12)8-14(15)19(24)26-10-16(22)21-18-13(17(20)23)6-7-27-18/h2-9H,10H2,1H3,(H2,20,23)(H,21,22). The Hall–Kier alpha value is -3.39. The van der Waals surface area contributed by atoms with E-state index in [9.17, 15) is 14.4 Å². The molecule has 0 atom stereocenters. The summed E-state index contributed by atoms with van der Waals surface area (Å²) >= 11 is 1.15. The average molecular weight is 384 g/mol. The van der Waals surface area contributed by atoms with Gasteiger partial charge in [-0.05, 0) is 34.4 Å². The summed E-state index contributed by atoms with van der Waals surface area (Å²) in [5, 5.41) is 6.21. The van der Waals surface area contributed by atoms with Crippen LogP contribution in [0.25, 0.3) is 10.8 Å². The number of nitrogens with two attached hydrogens (primary N) is 1. The predicted octanol–water partition coefficient (Wildman–Crippen LogP) is 2.80. The van der Waals surface area contributed by atoms with E-state index in [4.69, 9.17) is 15.2 Å². The molecular weight excluding hydrogens is 368 g/mol. The molecule has 0 radical (unpaired) electrons. The van der Waals surface area contributed by atoms with Crippen molar-refractivity contribution in [1.29, 1.82) is 0 Å². The second kappa shape index (κ2) is 7.88. The highest BCUT2D eigenvalue weighted by Gasteiger charge is 2.18. The van der Waals surface area contributed by atoms with Gasteiger partial charge in [-0.25, -0.2) is 4.79 Å². The molecule has 2 aromatic carbocycles. The molecule has 0 unspecified atom stereocenters. The molecule has 0 saturated heterocycles. The molecule has 138 valence electrons. The van der Waals surface area contributed by atoms with Crippen molar-refractivity contribution >= 4 is 44.9 Å². The lowest BCUT2D eigenvalue weighted by Crippen LogP contribution is -2.22. The molecule has 8 heteroatoms. The topological polar surface area (TPSA) is 108 Å². The van der Waals surface area contributed by atoms with Crippen LogP contribution in [0.4, 0.5) is 5.00 Å². The minimum absolute atomic E-state index is 0.205. The molecule has 0 aliphatic rings. The van der Waals surface area contributed by atoms with Gasteiger partial charge < -0.3 is 20.5 Å². The second-order valence-corrected chi connectivity index (χ2v) is 6.47. The Labute approximate surface area is 158 Å².